The average molecular weight is 433 g/mol. The fourth-order valence-electron chi connectivity index (χ4n) is 2.97. The lowest BCUT2D eigenvalue weighted by atomic mass is 10.1. The van der Waals surface area contributed by atoms with E-state index in [9.17, 15) is 13.2 Å². The highest BCUT2D eigenvalue weighted by Crippen LogP contribution is 2.31. The topological polar surface area (TPSA) is 93.7 Å². The molecule has 0 aromatic heterocycles. The van der Waals surface area contributed by atoms with Gasteiger partial charge in [0, 0.05) is 11.6 Å². The summed E-state index contributed by atoms with van der Waals surface area (Å²) in [5.41, 5.74) is 1.27. The van der Waals surface area contributed by atoms with E-state index in [0.717, 1.165) is 18.4 Å². The first kappa shape index (κ1) is 22.1. The van der Waals surface area contributed by atoms with Crippen LogP contribution < -0.4 is 19.5 Å². The number of hydrogen-bond acceptors (Lipinski definition) is 5. The average Bonchev–Trinajstić information content (AvgIpc) is 3.53. The molecule has 0 spiro atoms. The molecule has 3 rings (SSSR count). The van der Waals surface area contributed by atoms with Crippen molar-refractivity contribution in [1.29, 1.82) is 0 Å². The molecule has 2 aromatic rings. The molecule has 0 radical (unpaired) electrons. The van der Waals surface area contributed by atoms with Gasteiger partial charge in [0.25, 0.3) is 5.91 Å². The number of rotatable bonds is 10. The third-order valence-corrected chi connectivity index (χ3v) is 6.28. The van der Waals surface area contributed by atoms with Crippen LogP contribution in [0.2, 0.25) is 0 Å². The molecule has 8 heteroatoms. The van der Waals surface area contributed by atoms with Crippen LogP contribution in [0.4, 0.5) is 0 Å². The Kier molecular flexibility index (Phi) is 6.99. The highest BCUT2D eigenvalue weighted by Gasteiger charge is 2.28. The molecule has 2 aromatic carbocycles. The van der Waals surface area contributed by atoms with E-state index in [1.54, 1.807) is 0 Å². The quantitative estimate of drug-likeness (QED) is 0.600. The SMILES string of the molecule is CCOc1ccc([C@@H](C)NC(=O)c2ccc(S(=O)(=O)NC3CC3)cc2)cc1OCC. The molecule has 30 heavy (non-hydrogen) atoms. The molecule has 7 nitrogen and oxygen atoms in total. The lowest BCUT2D eigenvalue weighted by Crippen LogP contribution is -2.27. The number of nitrogens with one attached hydrogen (secondary N) is 2. The molecule has 1 aliphatic rings. The van der Waals surface area contributed by atoms with Gasteiger partial charge in [-0.2, -0.15) is 0 Å². The van der Waals surface area contributed by atoms with Crippen molar-refractivity contribution < 1.29 is 22.7 Å². The summed E-state index contributed by atoms with van der Waals surface area (Å²) in [6, 6.07) is 11.3. The van der Waals surface area contributed by atoms with Gasteiger partial charge >= 0.3 is 0 Å². The summed E-state index contributed by atoms with van der Waals surface area (Å²) in [6.07, 6.45) is 1.74. The molecule has 1 atom stereocenters. The second-order valence-electron chi connectivity index (χ2n) is 7.19. The van der Waals surface area contributed by atoms with Gasteiger partial charge in [-0.1, -0.05) is 6.07 Å². The molecule has 0 saturated heterocycles. The minimum atomic E-state index is -3.53. The Morgan fingerprint density at radius 3 is 2.27 bits per heavy atom. The van der Waals surface area contributed by atoms with E-state index >= 15 is 0 Å². The normalized spacial score (nSPS) is 14.8. The predicted octanol–water partition coefficient (Wildman–Crippen LogP) is 3.42. The van der Waals surface area contributed by atoms with Gasteiger partial charge in [-0.3, -0.25) is 4.79 Å². The molecule has 1 fully saturated rings. The Balaban J connectivity index is 1.68. The molecule has 1 aliphatic carbocycles. The van der Waals surface area contributed by atoms with Crippen LogP contribution in [-0.4, -0.2) is 33.6 Å². The van der Waals surface area contributed by atoms with E-state index in [1.165, 1.54) is 24.3 Å². The maximum absolute atomic E-state index is 12.6. The number of amides is 1. The molecule has 0 heterocycles. The number of carbonyl (C=O) groups is 1. The molecule has 0 unspecified atom stereocenters. The summed E-state index contributed by atoms with van der Waals surface area (Å²) >= 11 is 0. The second-order valence-corrected chi connectivity index (χ2v) is 8.90. The Morgan fingerprint density at radius 2 is 1.67 bits per heavy atom. The molecule has 1 amide bonds. The first-order valence-corrected chi connectivity index (χ1v) is 11.6. The summed E-state index contributed by atoms with van der Waals surface area (Å²) in [6.45, 7) is 6.73. The van der Waals surface area contributed by atoms with Crippen LogP contribution in [0.15, 0.2) is 47.4 Å². The van der Waals surface area contributed by atoms with Crippen LogP contribution in [0.1, 0.15) is 55.6 Å². The second kappa shape index (κ2) is 9.49. The lowest BCUT2D eigenvalue weighted by Gasteiger charge is -2.17. The molecular formula is C22H28N2O5S. The highest BCUT2D eigenvalue weighted by molar-refractivity contribution is 7.89. The Labute approximate surface area is 177 Å². The van der Waals surface area contributed by atoms with Gasteiger partial charge in [0.15, 0.2) is 11.5 Å². The van der Waals surface area contributed by atoms with Crippen molar-refractivity contribution in [2.45, 2.75) is 50.6 Å². The largest absolute Gasteiger partial charge is 0.490 e. The van der Waals surface area contributed by atoms with Gasteiger partial charge in [0.2, 0.25) is 10.0 Å². The third kappa shape index (κ3) is 5.52. The Morgan fingerprint density at radius 1 is 1.03 bits per heavy atom. The van der Waals surface area contributed by atoms with Crippen molar-refractivity contribution in [3.8, 4) is 11.5 Å². The van der Waals surface area contributed by atoms with Crippen LogP contribution in [0.25, 0.3) is 0 Å². The van der Waals surface area contributed by atoms with Crippen molar-refractivity contribution in [3.63, 3.8) is 0 Å². The summed E-state index contributed by atoms with van der Waals surface area (Å²) < 4.78 is 38.4. The summed E-state index contributed by atoms with van der Waals surface area (Å²) in [7, 11) is -3.53. The minimum absolute atomic E-state index is 0.0366. The van der Waals surface area contributed by atoms with Gasteiger partial charge < -0.3 is 14.8 Å². The first-order chi connectivity index (χ1) is 14.3. The molecular weight excluding hydrogens is 404 g/mol. The van der Waals surface area contributed by atoms with Crippen molar-refractivity contribution in [2.24, 2.45) is 0 Å². The van der Waals surface area contributed by atoms with Crippen molar-refractivity contribution in [2.75, 3.05) is 13.2 Å². The lowest BCUT2D eigenvalue weighted by molar-refractivity contribution is 0.0939. The summed E-state index contributed by atoms with van der Waals surface area (Å²) in [4.78, 5) is 12.8. The van der Waals surface area contributed by atoms with Crippen molar-refractivity contribution in [1.82, 2.24) is 10.0 Å². The van der Waals surface area contributed by atoms with Crippen molar-refractivity contribution in [3.05, 3.63) is 53.6 Å². The molecule has 0 bridgehead atoms. The zero-order valence-electron chi connectivity index (χ0n) is 17.5. The van der Waals surface area contributed by atoms with E-state index < -0.39 is 10.0 Å². The Hall–Kier alpha value is -2.58. The van der Waals surface area contributed by atoms with Crippen LogP contribution in [0.3, 0.4) is 0 Å². The van der Waals surface area contributed by atoms with Gasteiger partial charge in [-0.15, -0.1) is 0 Å². The van der Waals surface area contributed by atoms with Gasteiger partial charge in [0.1, 0.15) is 0 Å². The molecule has 2 N–H and O–H groups in total. The molecule has 162 valence electrons. The zero-order chi connectivity index (χ0) is 21.7. The van der Waals surface area contributed by atoms with E-state index in [4.69, 9.17) is 9.47 Å². The number of hydrogen-bond donors (Lipinski definition) is 2. The third-order valence-electron chi connectivity index (χ3n) is 4.74. The summed E-state index contributed by atoms with van der Waals surface area (Å²) in [5, 5.41) is 2.93. The maximum Gasteiger partial charge on any atom is 0.251 e. The maximum atomic E-state index is 12.6. The first-order valence-electron chi connectivity index (χ1n) is 10.2. The number of sulfonamides is 1. The van der Waals surface area contributed by atoms with E-state index in [2.05, 4.69) is 10.0 Å². The van der Waals surface area contributed by atoms with E-state index in [0.29, 0.717) is 30.3 Å². The van der Waals surface area contributed by atoms with Crippen LogP contribution in [0, 0.1) is 0 Å². The van der Waals surface area contributed by atoms with Gasteiger partial charge in [0.05, 0.1) is 24.2 Å². The van der Waals surface area contributed by atoms with Gasteiger partial charge in [-0.05, 0) is 75.6 Å². The minimum Gasteiger partial charge on any atom is -0.490 e. The molecule has 1 saturated carbocycles. The van der Waals surface area contributed by atoms with Crippen LogP contribution in [0.5, 0.6) is 11.5 Å². The van der Waals surface area contributed by atoms with Crippen LogP contribution in [-0.2, 0) is 10.0 Å². The number of carbonyl (C=O) groups excluding carboxylic acids is 1. The number of ether oxygens (including phenoxy) is 2. The fraction of sp³-hybridized carbons (Fsp3) is 0.409. The fourth-order valence-corrected chi connectivity index (χ4v) is 4.28. The Bertz CT molecular complexity index is 985. The number of benzene rings is 2. The molecule has 0 aliphatic heterocycles. The summed E-state index contributed by atoms with van der Waals surface area (Å²) in [5.74, 6) is 1.02. The standard InChI is InChI=1S/C22H28N2O5S/c1-4-28-20-13-8-17(14-21(20)29-5-2)15(3)23-22(25)16-6-11-19(12-7-16)30(26,27)24-18-9-10-18/h6-8,11-15,18,24H,4-5,9-10H2,1-3H3,(H,23,25)/t15-/m1/s1. The van der Waals surface area contributed by atoms with Crippen LogP contribution >= 0.6 is 0 Å². The zero-order valence-corrected chi connectivity index (χ0v) is 18.3. The van der Waals surface area contributed by atoms with Gasteiger partial charge in [-0.25, -0.2) is 13.1 Å². The van der Waals surface area contributed by atoms with E-state index in [1.807, 2.05) is 39.0 Å². The predicted molar refractivity (Wildman–Crippen MR) is 114 cm³/mol. The van der Waals surface area contributed by atoms with E-state index in [-0.39, 0.29) is 22.9 Å². The monoisotopic (exact) mass is 432 g/mol. The highest BCUT2D eigenvalue weighted by atomic mass is 32.2. The smallest absolute Gasteiger partial charge is 0.251 e. The van der Waals surface area contributed by atoms with Crippen molar-refractivity contribution >= 4 is 15.9 Å².